The average Bonchev–Trinajstić information content (AvgIpc) is 3.52. The maximum atomic E-state index is 12.8. The summed E-state index contributed by atoms with van der Waals surface area (Å²) in [5.74, 6) is 1.29. The largest absolute Gasteiger partial charge is 0.315 e. The molecule has 0 saturated heterocycles. The third kappa shape index (κ3) is 4.02. The van der Waals surface area contributed by atoms with Gasteiger partial charge in [0.2, 0.25) is 11.9 Å². The molecule has 1 aromatic carbocycles. The molecule has 0 unspecified atom stereocenters. The molecule has 0 saturated carbocycles. The predicted octanol–water partition coefficient (Wildman–Crippen LogP) is 3.11. The van der Waals surface area contributed by atoms with Crippen molar-refractivity contribution in [3.8, 4) is 11.3 Å². The van der Waals surface area contributed by atoms with Crippen molar-refractivity contribution >= 4 is 40.1 Å². The van der Waals surface area contributed by atoms with Crippen molar-refractivity contribution in [1.82, 2.24) is 19.4 Å². The molecule has 33 heavy (non-hydrogen) atoms. The highest BCUT2D eigenvalue weighted by Gasteiger charge is 2.38. The van der Waals surface area contributed by atoms with Crippen LogP contribution in [-0.2, 0) is 17.8 Å². The number of imidazole rings is 1. The first kappa shape index (κ1) is 21.3. The minimum atomic E-state index is -0.264. The van der Waals surface area contributed by atoms with E-state index < -0.39 is 0 Å². The van der Waals surface area contributed by atoms with E-state index in [2.05, 4.69) is 58.4 Å². The summed E-state index contributed by atoms with van der Waals surface area (Å²) >= 11 is 1.38. The van der Waals surface area contributed by atoms with E-state index in [0.29, 0.717) is 41.6 Å². The number of aliphatic imine (C=N–C) groups is 1. The van der Waals surface area contributed by atoms with E-state index in [1.165, 1.54) is 28.1 Å². The maximum absolute atomic E-state index is 12.8. The number of rotatable bonds is 6. The first-order valence-corrected chi connectivity index (χ1v) is 11.8. The summed E-state index contributed by atoms with van der Waals surface area (Å²) in [5.41, 5.74) is 3.53. The van der Waals surface area contributed by atoms with Crippen LogP contribution < -0.4 is 10.2 Å². The van der Waals surface area contributed by atoms with Gasteiger partial charge in [0, 0.05) is 24.5 Å². The second-order valence-electron chi connectivity index (χ2n) is 8.62. The van der Waals surface area contributed by atoms with Crippen LogP contribution in [-0.4, -0.2) is 57.3 Å². The normalized spacial score (nSPS) is 15.0. The minimum absolute atomic E-state index is 0.0267. The fourth-order valence-corrected chi connectivity index (χ4v) is 4.88. The van der Waals surface area contributed by atoms with Gasteiger partial charge >= 0.3 is 0 Å². The van der Waals surface area contributed by atoms with Crippen LogP contribution in [0.25, 0.3) is 11.3 Å². The highest BCUT2D eigenvalue weighted by Crippen LogP contribution is 2.29. The van der Waals surface area contributed by atoms with Gasteiger partial charge < -0.3 is 9.88 Å². The van der Waals surface area contributed by atoms with Crippen molar-refractivity contribution in [2.75, 3.05) is 30.4 Å². The Morgan fingerprint density at radius 3 is 2.79 bits per heavy atom. The van der Waals surface area contributed by atoms with E-state index in [-0.39, 0.29) is 18.4 Å². The van der Waals surface area contributed by atoms with Gasteiger partial charge in [0.25, 0.3) is 5.91 Å². The third-order valence-corrected chi connectivity index (χ3v) is 6.42. The number of hydrogen-bond donors (Lipinski definition) is 1. The number of guanidine groups is 1. The topological polar surface area (TPSA) is 95.7 Å². The molecule has 2 aliphatic rings. The Bertz CT molecular complexity index is 1240. The minimum Gasteiger partial charge on any atom is -0.315 e. The zero-order chi connectivity index (χ0) is 23.1. The van der Waals surface area contributed by atoms with Gasteiger partial charge in [-0.05, 0) is 17.9 Å². The number of anilines is 2. The highest BCUT2D eigenvalue weighted by atomic mass is 32.1. The van der Waals surface area contributed by atoms with Crippen molar-refractivity contribution in [1.29, 1.82) is 0 Å². The van der Waals surface area contributed by atoms with Crippen molar-refractivity contribution < 1.29 is 9.59 Å². The van der Waals surface area contributed by atoms with Crippen LogP contribution in [0.2, 0.25) is 0 Å². The summed E-state index contributed by atoms with van der Waals surface area (Å²) in [6, 6.07) is 8.38. The van der Waals surface area contributed by atoms with E-state index in [0.717, 1.165) is 17.7 Å². The van der Waals surface area contributed by atoms with Crippen LogP contribution in [0.4, 0.5) is 10.9 Å². The van der Waals surface area contributed by atoms with Crippen LogP contribution in [0.5, 0.6) is 0 Å². The molecule has 0 bridgehead atoms. The van der Waals surface area contributed by atoms with Gasteiger partial charge in [0.05, 0.1) is 18.6 Å². The summed E-state index contributed by atoms with van der Waals surface area (Å²) in [6.45, 7) is 5.67. The Morgan fingerprint density at radius 1 is 1.24 bits per heavy atom. The SMILES string of the molecule is CC(C)Cc1ccc(-c2csc(NC(=O)Cn3cnc4c3C(=O)N(C)C3=NCCN34)n2)cc1. The number of nitrogens with one attached hydrogen (secondary N) is 1. The molecule has 0 radical (unpaired) electrons. The van der Waals surface area contributed by atoms with Gasteiger partial charge in [-0.25, -0.2) is 9.97 Å². The molecule has 9 nitrogen and oxygen atoms in total. The third-order valence-electron chi connectivity index (χ3n) is 5.66. The summed E-state index contributed by atoms with van der Waals surface area (Å²) in [6.07, 6.45) is 2.57. The maximum Gasteiger partial charge on any atom is 0.280 e. The molecule has 0 fully saturated rings. The molecule has 0 atom stereocenters. The Morgan fingerprint density at radius 2 is 2.03 bits per heavy atom. The molecule has 3 aromatic rings. The molecule has 2 amide bonds. The Balaban J connectivity index is 1.27. The van der Waals surface area contributed by atoms with Crippen molar-refractivity contribution in [3.63, 3.8) is 0 Å². The molecule has 2 aromatic heterocycles. The first-order chi connectivity index (χ1) is 15.9. The van der Waals surface area contributed by atoms with Gasteiger partial charge in [-0.2, -0.15) is 0 Å². The summed E-state index contributed by atoms with van der Waals surface area (Å²) < 4.78 is 1.58. The van der Waals surface area contributed by atoms with Gasteiger partial charge in [-0.3, -0.25) is 24.4 Å². The predicted molar refractivity (Wildman–Crippen MR) is 129 cm³/mol. The molecule has 1 N–H and O–H groups in total. The average molecular weight is 464 g/mol. The van der Waals surface area contributed by atoms with Gasteiger partial charge in [-0.1, -0.05) is 38.1 Å². The lowest BCUT2D eigenvalue weighted by atomic mass is 10.0. The number of carbonyl (C=O) groups excluding carboxylic acids is 2. The molecule has 5 rings (SSSR count). The van der Waals surface area contributed by atoms with Crippen LogP contribution >= 0.6 is 11.3 Å². The molecule has 4 heterocycles. The van der Waals surface area contributed by atoms with Crippen LogP contribution in [0.3, 0.4) is 0 Å². The van der Waals surface area contributed by atoms with Crippen LogP contribution in [0.1, 0.15) is 29.9 Å². The summed E-state index contributed by atoms with van der Waals surface area (Å²) in [4.78, 5) is 42.3. The lowest BCUT2D eigenvalue weighted by Crippen LogP contribution is -2.48. The monoisotopic (exact) mass is 463 g/mol. The zero-order valence-corrected chi connectivity index (χ0v) is 19.6. The van der Waals surface area contributed by atoms with Gasteiger partial charge in [0.15, 0.2) is 16.6 Å². The van der Waals surface area contributed by atoms with Crippen molar-refractivity contribution in [2.45, 2.75) is 26.8 Å². The number of aromatic nitrogens is 3. The number of fused-ring (bicyclic) bond motifs is 3. The molecule has 10 heteroatoms. The Labute approximate surface area is 195 Å². The van der Waals surface area contributed by atoms with Crippen molar-refractivity contribution in [2.24, 2.45) is 10.9 Å². The number of thiazole rings is 1. The van der Waals surface area contributed by atoms with E-state index in [1.54, 1.807) is 11.6 Å². The fraction of sp³-hybridized carbons (Fsp3) is 0.348. The molecule has 2 aliphatic heterocycles. The second kappa shape index (κ2) is 8.43. The summed E-state index contributed by atoms with van der Waals surface area (Å²) in [7, 11) is 1.69. The Hall–Kier alpha value is -3.53. The van der Waals surface area contributed by atoms with Gasteiger partial charge in [0.1, 0.15) is 6.54 Å². The number of carbonyl (C=O) groups is 2. The van der Waals surface area contributed by atoms with Crippen LogP contribution in [0, 0.1) is 5.92 Å². The quantitative estimate of drug-likeness (QED) is 0.606. The number of benzene rings is 1. The molecule has 0 aliphatic carbocycles. The summed E-state index contributed by atoms with van der Waals surface area (Å²) in [5, 5.41) is 5.30. The smallest absolute Gasteiger partial charge is 0.280 e. The molecular weight excluding hydrogens is 438 g/mol. The van der Waals surface area contributed by atoms with Gasteiger partial charge in [-0.15, -0.1) is 11.3 Å². The Kier molecular flexibility index (Phi) is 5.45. The molecule has 0 spiro atoms. The second-order valence-corrected chi connectivity index (χ2v) is 9.48. The number of amides is 2. The molecule has 170 valence electrons. The lowest BCUT2D eigenvalue weighted by molar-refractivity contribution is -0.116. The number of nitrogens with zero attached hydrogens (tertiary/aromatic N) is 6. The van der Waals surface area contributed by atoms with E-state index >= 15 is 0 Å². The standard InChI is InChI=1S/C23H25N7O2S/c1-14(2)10-15-4-6-16(7-5-15)17-12-33-22(26-17)27-18(31)11-29-13-25-20-19(29)21(32)28(3)23-24-8-9-30(20)23/h4-7,12-14H,8-11H2,1-3H3,(H,26,27,31). The van der Waals surface area contributed by atoms with E-state index in [4.69, 9.17) is 0 Å². The van der Waals surface area contributed by atoms with E-state index in [1.807, 2.05) is 10.3 Å². The first-order valence-electron chi connectivity index (χ1n) is 10.9. The lowest BCUT2D eigenvalue weighted by Gasteiger charge is -2.30. The van der Waals surface area contributed by atoms with Crippen molar-refractivity contribution in [3.05, 3.63) is 47.2 Å². The van der Waals surface area contributed by atoms with Crippen LogP contribution in [0.15, 0.2) is 41.0 Å². The highest BCUT2D eigenvalue weighted by molar-refractivity contribution is 7.14. The van der Waals surface area contributed by atoms with E-state index in [9.17, 15) is 9.59 Å². The fourth-order valence-electron chi connectivity index (χ4n) is 4.14. The molecular formula is C23H25N7O2S. The number of hydrogen-bond acceptors (Lipinski definition) is 7. The zero-order valence-electron chi connectivity index (χ0n) is 18.8.